The third kappa shape index (κ3) is 7.65. The van der Waals surface area contributed by atoms with E-state index in [9.17, 15) is 4.79 Å². The van der Waals surface area contributed by atoms with Gasteiger partial charge in [0.15, 0.2) is 0 Å². The number of carbonyl (C=O) groups excluding carboxylic acids is 1. The van der Waals surface area contributed by atoms with E-state index in [0.717, 1.165) is 12.8 Å². The molecule has 0 aliphatic rings. The van der Waals surface area contributed by atoms with E-state index in [1.54, 1.807) is 0 Å². The van der Waals surface area contributed by atoms with Crippen LogP contribution in [-0.2, 0) is 9.53 Å². The summed E-state index contributed by atoms with van der Waals surface area (Å²) in [6.45, 7) is 3.97. The van der Waals surface area contributed by atoms with Crippen LogP contribution in [0.5, 0.6) is 0 Å². The first-order valence-corrected chi connectivity index (χ1v) is 6.18. The summed E-state index contributed by atoms with van der Waals surface area (Å²) in [5, 5.41) is 8.63. The minimum atomic E-state index is -0.692. The Bertz CT molecular complexity index is 185. The van der Waals surface area contributed by atoms with E-state index in [0.29, 0.717) is 0 Å². The molecule has 0 aromatic heterocycles. The largest absolute Gasteiger partial charge is 0.462 e. The first kappa shape index (κ1) is 15.4. The number of rotatable bonds is 9. The third-order valence-electron chi connectivity index (χ3n) is 2.52. The lowest BCUT2D eigenvalue weighted by Crippen LogP contribution is -2.35. The second kappa shape index (κ2) is 9.60. The normalized spacial score (nSPS) is 14.5. The number of aliphatic hydroxyl groups excluding tert-OH is 1. The van der Waals surface area contributed by atoms with E-state index in [-0.39, 0.29) is 19.1 Å². The fourth-order valence-electron chi connectivity index (χ4n) is 1.46. The van der Waals surface area contributed by atoms with Gasteiger partial charge in [-0.15, -0.1) is 0 Å². The molecule has 0 saturated heterocycles. The lowest BCUT2D eigenvalue weighted by atomic mass is 10.1. The van der Waals surface area contributed by atoms with Crippen LogP contribution >= 0.6 is 0 Å². The van der Waals surface area contributed by atoms with Crippen LogP contribution < -0.4 is 5.73 Å². The van der Waals surface area contributed by atoms with Gasteiger partial charge >= 0.3 is 5.97 Å². The minimum Gasteiger partial charge on any atom is -0.462 e. The Morgan fingerprint density at radius 2 is 2.00 bits per heavy atom. The van der Waals surface area contributed by atoms with Crippen LogP contribution in [0.25, 0.3) is 0 Å². The van der Waals surface area contributed by atoms with Gasteiger partial charge in [0.05, 0.1) is 6.10 Å². The zero-order valence-corrected chi connectivity index (χ0v) is 10.4. The molecule has 4 nitrogen and oxygen atoms in total. The molecule has 0 aliphatic heterocycles. The van der Waals surface area contributed by atoms with Crippen molar-refractivity contribution >= 4 is 5.97 Å². The highest BCUT2D eigenvalue weighted by Crippen LogP contribution is 2.08. The van der Waals surface area contributed by atoms with E-state index in [1.807, 2.05) is 6.92 Å². The molecule has 0 rings (SSSR count). The highest BCUT2D eigenvalue weighted by atomic mass is 16.5. The van der Waals surface area contributed by atoms with Crippen molar-refractivity contribution in [2.24, 2.45) is 5.73 Å². The maximum atomic E-state index is 11.4. The van der Waals surface area contributed by atoms with Gasteiger partial charge in [0.2, 0.25) is 0 Å². The highest BCUT2D eigenvalue weighted by Gasteiger charge is 2.16. The van der Waals surface area contributed by atoms with Gasteiger partial charge in [0, 0.05) is 6.61 Å². The fraction of sp³-hybridized carbons (Fsp3) is 0.917. The van der Waals surface area contributed by atoms with Crippen LogP contribution in [0.4, 0.5) is 0 Å². The van der Waals surface area contributed by atoms with Crippen LogP contribution in [-0.4, -0.2) is 29.8 Å². The second-order valence-electron chi connectivity index (χ2n) is 4.22. The van der Waals surface area contributed by atoms with Gasteiger partial charge in [-0.05, 0) is 26.2 Å². The zero-order valence-electron chi connectivity index (χ0n) is 10.4. The van der Waals surface area contributed by atoms with Crippen molar-refractivity contribution in [3.63, 3.8) is 0 Å². The lowest BCUT2D eigenvalue weighted by Gasteiger charge is -2.16. The quantitative estimate of drug-likeness (QED) is 0.467. The molecule has 16 heavy (non-hydrogen) atoms. The van der Waals surface area contributed by atoms with Crippen LogP contribution in [0.15, 0.2) is 0 Å². The molecular weight excluding hydrogens is 206 g/mol. The molecule has 0 heterocycles. The standard InChI is InChI=1S/C12H25NO3/c1-3-4-5-6-7-10(2)16-12(15)11(13)8-9-14/h10-11,14H,3-9,13H2,1-2H3/t10?,11-/m1/s1. The number of aliphatic hydroxyl groups is 1. The number of ether oxygens (including phenoxy) is 1. The maximum absolute atomic E-state index is 11.4. The van der Waals surface area contributed by atoms with E-state index in [1.165, 1.54) is 19.3 Å². The topological polar surface area (TPSA) is 72.5 Å². The first-order chi connectivity index (χ1) is 7.61. The summed E-state index contributed by atoms with van der Waals surface area (Å²) in [6.07, 6.45) is 5.77. The third-order valence-corrected chi connectivity index (χ3v) is 2.52. The summed E-state index contributed by atoms with van der Waals surface area (Å²) < 4.78 is 5.17. The highest BCUT2D eigenvalue weighted by molar-refractivity contribution is 5.75. The number of carbonyl (C=O) groups is 1. The number of esters is 1. The zero-order chi connectivity index (χ0) is 12.4. The Labute approximate surface area is 98.2 Å². The van der Waals surface area contributed by atoms with Gasteiger partial charge in [0.1, 0.15) is 6.04 Å². The molecule has 3 N–H and O–H groups in total. The van der Waals surface area contributed by atoms with E-state index in [2.05, 4.69) is 6.92 Å². The van der Waals surface area contributed by atoms with Crippen molar-refractivity contribution < 1.29 is 14.6 Å². The Morgan fingerprint density at radius 3 is 2.56 bits per heavy atom. The Kier molecular flexibility index (Phi) is 9.24. The van der Waals surface area contributed by atoms with Crippen molar-refractivity contribution in [3.05, 3.63) is 0 Å². The molecule has 0 aromatic rings. The van der Waals surface area contributed by atoms with Gasteiger partial charge < -0.3 is 15.6 Å². The molecule has 0 spiro atoms. The molecule has 0 fully saturated rings. The smallest absolute Gasteiger partial charge is 0.323 e. The molecule has 96 valence electrons. The molecule has 4 heteroatoms. The van der Waals surface area contributed by atoms with Crippen molar-refractivity contribution in [2.75, 3.05) is 6.61 Å². The van der Waals surface area contributed by atoms with Crippen LogP contribution in [0.2, 0.25) is 0 Å². The SMILES string of the molecule is CCCCCCC(C)OC(=O)[C@H](N)CCO. The maximum Gasteiger partial charge on any atom is 0.323 e. The van der Waals surface area contributed by atoms with E-state index < -0.39 is 12.0 Å². The van der Waals surface area contributed by atoms with Crippen molar-refractivity contribution in [2.45, 2.75) is 64.5 Å². The number of unbranched alkanes of at least 4 members (excludes halogenated alkanes) is 3. The molecule has 0 amide bonds. The Balaban J connectivity index is 3.61. The number of hydrogen-bond donors (Lipinski definition) is 2. The van der Waals surface area contributed by atoms with Gasteiger partial charge in [0.25, 0.3) is 0 Å². The molecule has 2 atom stereocenters. The average molecular weight is 231 g/mol. The van der Waals surface area contributed by atoms with E-state index in [4.69, 9.17) is 15.6 Å². The summed E-state index contributed by atoms with van der Waals surface area (Å²) in [5.74, 6) is -0.406. The second-order valence-corrected chi connectivity index (χ2v) is 4.22. The Hall–Kier alpha value is -0.610. The predicted molar refractivity (Wildman–Crippen MR) is 64.0 cm³/mol. The summed E-state index contributed by atoms with van der Waals surface area (Å²) in [5.41, 5.74) is 5.52. The number of hydrogen-bond acceptors (Lipinski definition) is 4. The summed E-state index contributed by atoms with van der Waals surface area (Å²) in [4.78, 5) is 11.4. The number of nitrogens with two attached hydrogens (primary N) is 1. The Morgan fingerprint density at radius 1 is 1.31 bits per heavy atom. The molecular formula is C12H25NO3. The van der Waals surface area contributed by atoms with Crippen LogP contribution in [0, 0.1) is 0 Å². The fourth-order valence-corrected chi connectivity index (χ4v) is 1.46. The monoisotopic (exact) mass is 231 g/mol. The molecule has 0 saturated carbocycles. The van der Waals surface area contributed by atoms with Gasteiger partial charge in [-0.2, -0.15) is 0 Å². The van der Waals surface area contributed by atoms with Crippen LogP contribution in [0.1, 0.15) is 52.4 Å². The van der Waals surface area contributed by atoms with Gasteiger partial charge in [-0.25, -0.2) is 0 Å². The summed E-state index contributed by atoms with van der Waals surface area (Å²) in [7, 11) is 0. The first-order valence-electron chi connectivity index (χ1n) is 6.18. The molecule has 0 bridgehead atoms. The lowest BCUT2D eigenvalue weighted by molar-refractivity contribution is -0.150. The van der Waals surface area contributed by atoms with Crippen molar-refractivity contribution in [3.8, 4) is 0 Å². The molecule has 1 unspecified atom stereocenters. The minimum absolute atomic E-state index is 0.0749. The summed E-state index contributed by atoms with van der Waals surface area (Å²) >= 11 is 0. The molecule has 0 aromatic carbocycles. The average Bonchev–Trinajstić information content (AvgIpc) is 2.24. The molecule has 0 aliphatic carbocycles. The van der Waals surface area contributed by atoms with Gasteiger partial charge in [-0.1, -0.05) is 26.2 Å². The van der Waals surface area contributed by atoms with Crippen LogP contribution in [0.3, 0.4) is 0 Å². The predicted octanol–water partition coefficient (Wildman–Crippen LogP) is 1.60. The van der Waals surface area contributed by atoms with Gasteiger partial charge in [-0.3, -0.25) is 4.79 Å². The van der Waals surface area contributed by atoms with Crippen molar-refractivity contribution in [1.82, 2.24) is 0 Å². The molecule has 0 radical (unpaired) electrons. The van der Waals surface area contributed by atoms with Crippen molar-refractivity contribution in [1.29, 1.82) is 0 Å². The van der Waals surface area contributed by atoms with E-state index >= 15 is 0 Å². The summed E-state index contributed by atoms with van der Waals surface area (Å²) in [6, 6.07) is -0.692.